The normalized spacial score (nSPS) is 17.4. The highest BCUT2D eigenvalue weighted by atomic mass is 35.5. The van der Waals surface area contributed by atoms with Gasteiger partial charge in [-0.05, 0) is 17.7 Å². The van der Waals surface area contributed by atoms with Gasteiger partial charge in [0.15, 0.2) is 0 Å². The van der Waals surface area contributed by atoms with Crippen LogP contribution in [0.15, 0.2) is 36.2 Å². The van der Waals surface area contributed by atoms with E-state index in [-0.39, 0.29) is 43.2 Å². The van der Waals surface area contributed by atoms with Gasteiger partial charge in [-0.15, -0.1) is 37.2 Å². The van der Waals surface area contributed by atoms with Crippen LogP contribution in [0.5, 0.6) is 0 Å². The number of ether oxygens (including phenoxy) is 1. The summed E-state index contributed by atoms with van der Waals surface area (Å²) in [5.41, 5.74) is 1.55. The molecule has 5 nitrogen and oxygen atoms in total. The summed E-state index contributed by atoms with van der Waals surface area (Å²) >= 11 is 0. The molecule has 2 heterocycles. The number of aliphatic hydroxyl groups is 1. The van der Waals surface area contributed by atoms with Gasteiger partial charge in [0.1, 0.15) is 0 Å². The van der Waals surface area contributed by atoms with E-state index in [4.69, 9.17) is 0 Å². The van der Waals surface area contributed by atoms with Gasteiger partial charge in [0, 0.05) is 37.6 Å². The monoisotopic (exact) mass is 356 g/mol. The summed E-state index contributed by atoms with van der Waals surface area (Å²) in [6, 6.07) is 3.84. The Morgan fingerprint density at radius 1 is 1.48 bits per heavy atom. The summed E-state index contributed by atoms with van der Waals surface area (Å²) in [5.74, 6) is -0.384. The van der Waals surface area contributed by atoms with E-state index in [2.05, 4.69) is 9.72 Å². The van der Waals surface area contributed by atoms with Crippen molar-refractivity contribution in [3.63, 3.8) is 0 Å². The number of carbonyl (C=O) groups is 1. The molecule has 1 aromatic rings. The van der Waals surface area contributed by atoms with Crippen molar-refractivity contribution in [3.8, 4) is 0 Å². The number of methoxy groups -OCH3 is 1. The SMILES string of the molecule is COC(=O)C1=CC(O)CN(Cc2cccnc2)C1.Cl.Cl.Cl. The van der Waals surface area contributed by atoms with E-state index in [9.17, 15) is 9.90 Å². The van der Waals surface area contributed by atoms with Crippen LogP contribution in [0.4, 0.5) is 0 Å². The Hall–Kier alpha value is -0.850. The molecule has 1 atom stereocenters. The van der Waals surface area contributed by atoms with Gasteiger partial charge < -0.3 is 9.84 Å². The molecule has 0 bridgehead atoms. The van der Waals surface area contributed by atoms with E-state index in [0.717, 1.165) is 5.56 Å². The number of aliphatic hydroxyl groups excluding tert-OH is 1. The Morgan fingerprint density at radius 3 is 2.76 bits per heavy atom. The van der Waals surface area contributed by atoms with Crippen LogP contribution < -0.4 is 0 Å². The lowest BCUT2D eigenvalue weighted by Gasteiger charge is -2.28. The molecule has 1 unspecified atom stereocenters. The summed E-state index contributed by atoms with van der Waals surface area (Å²) in [4.78, 5) is 17.5. The Morgan fingerprint density at radius 2 is 2.19 bits per heavy atom. The van der Waals surface area contributed by atoms with Crippen LogP contribution in [0.2, 0.25) is 0 Å². The molecule has 0 fully saturated rings. The fourth-order valence-corrected chi connectivity index (χ4v) is 2.04. The van der Waals surface area contributed by atoms with E-state index in [1.165, 1.54) is 7.11 Å². The van der Waals surface area contributed by atoms with Gasteiger partial charge in [-0.1, -0.05) is 6.07 Å². The van der Waals surface area contributed by atoms with Crippen molar-refractivity contribution in [1.82, 2.24) is 9.88 Å². The summed E-state index contributed by atoms with van der Waals surface area (Å²) in [5, 5.41) is 9.73. The third-order valence-electron chi connectivity index (χ3n) is 2.81. The highest BCUT2D eigenvalue weighted by Crippen LogP contribution is 2.14. The van der Waals surface area contributed by atoms with Crippen LogP contribution in [0.1, 0.15) is 5.56 Å². The first-order valence-corrected chi connectivity index (χ1v) is 5.77. The minimum atomic E-state index is -0.635. The average molecular weight is 358 g/mol. The Bertz CT molecular complexity index is 457. The van der Waals surface area contributed by atoms with Crippen molar-refractivity contribution in [3.05, 3.63) is 41.7 Å². The Balaban J connectivity index is 0. The van der Waals surface area contributed by atoms with Crippen molar-refractivity contribution < 1.29 is 14.6 Å². The largest absolute Gasteiger partial charge is 0.466 e. The van der Waals surface area contributed by atoms with Crippen molar-refractivity contribution in [2.45, 2.75) is 12.6 Å². The van der Waals surface area contributed by atoms with E-state index in [0.29, 0.717) is 25.2 Å². The highest BCUT2D eigenvalue weighted by Gasteiger charge is 2.23. The molecule has 1 aromatic heterocycles. The molecule has 0 amide bonds. The first-order valence-electron chi connectivity index (χ1n) is 5.77. The maximum Gasteiger partial charge on any atom is 0.334 e. The predicted molar refractivity (Wildman–Crippen MR) is 87.4 cm³/mol. The zero-order valence-corrected chi connectivity index (χ0v) is 13.9. The van der Waals surface area contributed by atoms with E-state index in [1.807, 2.05) is 17.0 Å². The van der Waals surface area contributed by atoms with E-state index >= 15 is 0 Å². The Kier molecular flexibility index (Phi) is 11.6. The molecule has 8 heteroatoms. The number of hydrogen-bond acceptors (Lipinski definition) is 5. The van der Waals surface area contributed by atoms with Crippen LogP contribution in [0.25, 0.3) is 0 Å². The van der Waals surface area contributed by atoms with E-state index < -0.39 is 6.10 Å². The molecule has 2 rings (SSSR count). The lowest BCUT2D eigenvalue weighted by molar-refractivity contribution is -0.136. The minimum Gasteiger partial charge on any atom is -0.466 e. The summed E-state index contributed by atoms with van der Waals surface area (Å²) in [6.07, 6.45) is 4.42. The highest BCUT2D eigenvalue weighted by molar-refractivity contribution is 5.89. The van der Waals surface area contributed by atoms with Crippen LogP contribution in [-0.4, -0.2) is 47.3 Å². The van der Waals surface area contributed by atoms with E-state index in [1.54, 1.807) is 18.5 Å². The van der Waals surface area contributed by atoms with Gasteiger partial charge >= 0.3 is 5.97 Å². The van der Waals surface area contributed by atoms with Crippen LogP contribution in [-0.2, 0) is 16.1 Å². The third-order valence-corrected chi connectivity index (χ3v) is 2.81. The fourth-order valence-electron chi connectivity index (χ4n) is 2.04. The second-order valence-corrected chi connectivity index (χ2v) is 4.28. The summed E-state index contributed by atoms with van der Waals surface area (Å²) < 4.78 is 4.68. The second-order valence-electron chi connectivity index (χ2n) is 4.28. The summed E-state index contributed by atoms with van der Waals surface area (Å²) in [6.45, 7) is 1.65. The molecule has 1 aliphatic heterocycles. The lowest BCUT2D eigenvalue weighted by atomic mass is 10.1. The van der Waals surface area contributed by atoms with Crippen molar-refractivity contribution >= 4 is 43.2 Å². The second kappa shape index (κ2) is 10.8. The van der Waals surface area contributed by atoms with Crippen LogP contribution in [0, 0.1) is 0 Å². The number of β-amino-alcohol motifs (C(OH)–C–C–N with tert-alkyl or cyclic N) is 1. The van der Waals surface area contributed by atoms with Gasteiger partial charge in [0.2, 0.25) is 0 Å². The standard InChI is InChI=1S/C13H16N2O3.3ClH/c1-18-13(17)11-5-12(16)9-15(8-11)7-10-3-2-4-14-6-10;;;/h2-6,12,16H,7-9H2,1H3;3*1H. The maximum atomic E-state index is 11.5. The molecule has 0 saturated heterocycles. The number of carbonyl (C=O) groups excluding carboxylic acids is 1. The number of rotatable bonds is 3. The summed E-state index contributed by atoms with van der Waals surface area (Å²) in [7, 11) is 1.34. The molecular formula is C13H19Cl3N2O3. The number of aromatic nitrogens is 1. The zero-order valence-electron chi connectivity index (χ0n) is 11.5. The first kappa shape index (κ1) is 22.4. The number of pyridine rings is 1. The van der Waals surface area contributed by atoms with Crippen molar-refractivity contribution in [2.24, 2.45) is 0 Å². The number of hydrogen-bond donors (Lipinski definition) is 1. The van der Waals surface area contributed by atoms with Crippen molar-refractivity contribution in [2.75, 3.05) is 20.2 Å². The first-order chi connectivity index (χ1) is 8.69. The number of nitrogens with zero attached hydrogens (tertiary/aromatic N) is 2. The van der Waals surface area contributed by atoms with Crippen LogP contribution in [0.3, 0.4) is 0 Å². The van der Waals surface area contributed by atoms with Gasteiger partial charge in [-0.2, -0.15) is 0 Å². The fraction of sp³-hybridized carbons (Fsp3) is 0.385. The Labute approximate surface area is 142 Å². The van der Waals surface area contributed by atoms with Gasteiger partial charge in [-0.3, -0.25) is 9.88 Å². The molecule has 1 aliphatic rings. The van der Waals surface area contributed by atoms with Gasteiger partial charge in [0.25, 0.3) is 0 Å². The van der Waals surface area contributed by atoms with Gasteiger partial charge in [-0.25, -0.2) is 4.79 Å². The zero-order chi connectivity index (χ0) is 13.0. The van der Waals surface area contributed by atoms with Crippen LogP contribution >= 0.6 is 37.2 Å². The molecule has 0 aliphatic carbocycles. The minimum absolute atomic E-state index is 0. The molecule has 0 radical (unpaired) electrons. The molecule has 1 N–H and O–H groups in total. The number of esters is 1. The van der Waals surface area contributed by atoms with Crippen molar-refractivity contribution in [1.29, 1.82) is 0 Å². The molecule has 0 aromatic carbocycles. The molecular weight excluding hydrogens is 339 g/mol. The predicted octanol–water partition coefficient (Wildman–Crippen LogP) is 1.62. The smallest absolute Gasteiger partial charge is 0.334 e. The molecule has 21 heavy (non-hydrogen) atoms. The molecule has 120 valence electrons. The molecule has 0 spiro atoms. The lowest BCUT2D eigenvalue weighted by Crippen LogP contribution is -2.38. The average Bonchev–Trinajstić information content (AvgIpc) is 2.38. The maximum absolute atomic E-state index is 11.5. The molecule has 0 saturated carbocycles. The third kappa shape index (κ3) is 6.63. The number of halogens is 3. The topological polar surface area (TPSA) is 62.7 Å². The quantitative estimate of drug-likeness (QED) is 0.833. The van der Waals surface area contributed by atoms with Gasteiger partial charge in [0.05, 0.1) is 13.2 Å².